The maximum Gasteiger partial charge on any atom is 0.410 e. The Morgan fingerprint density at radius 2 is 1.97 bits per heavy atom. The minimum atomic E-state index is -0.542. The number of para-hydroxylation sites is 1. The Morgan fingerprint density at radius 3 is 2.63 bits per heavy atom. The highest BCUT2D eigenvalue weighted by atomic mass is 32.1. The van der Waals surface area contributed by atoms with Gasteiger partial charge in [0.25, 0.3) is 0 Å². The minimum Gasteiger partial charge on any atom is -0.444 e. The molecule has 2 amide bonds. The van der Waals surface area contributed by atoms with Gasteiger partial charge in [0, 0.05) is 23.4 Å². The molecule has 0 bridgehead atoms. The molecule has 0 saturated carbocycles. The lowest BCUT2D eigenvalue weighted by Gasteiger charge is -2.35. The number of amides is 2. The first kappa shape index (κ1) is 20.8. The van der Waals surface area contributed by atoms with Crippen LogP contribution >= 0.6 is 22.7 Å². The van der Waals surface area contributed by atoms with Crippen LogP contribution in [0, 0.1) is 0 Å². The highest BCUT2D eigenvalue weighted by Crippen LogP contribution is 2.46. The molecule has 3 aromatic rings. The van der Waals surface area contributed by atoms with E-state index in [1.807, 2.05) is 45.9 Å². The SMILES string of the molecule is CC(=O)Nc1sc2c(c1-c1nc3ccccc3s1)CC(C)N(C(=O)OC(C)(C)C)C2. The van der Waals surface area contributed by atoms with Crippen molar-refractivity contribution in [3.8, 4) is 10.6 Å². The number of hydrogen-bond donors (Lipinski definition) is 1. The molecule has 0 fully saturated rings. The number of aromatic nitrogens is 1. The second-order valence-corrected chi connectivity index (χ2v) is 10.7. The quantitative estimate of drug-likeness (QED) is 0.554. The first-order valence-corrected chi connectivity index (χ1v) is 11.5. The van der Waals surface area contributed by atoms with Gasteiger partial charge in [0.2, 0.25) is 5.91 Å². The van der Waals surface area contributed by atoms with Gasteiger partial charge >= 0.3 is 6.09 Å². The summed E-state index contributed by atoms with van der Waals surface area (Å²) in [4.78, 5) is 32.3. The Hall–Kier alpha value is -2.45. The average Bonchev–Trinajstić information content (AvgIpc) is 3.18. The number of benzene rings is 1. The first-order chi connectivity index (χ1) is 14.1. The molecule has 1 atom stereocenters. The van der Waals surface area contributed by atoms with Crippen LogP contribution in [0.3, 0.4) is 0 Å². The molecule has 1 N–H and O–H groups in total. The maximum atomic E-state index is 12.7. The Balaban J connectivity index is 1.76. The molecule has 1 unspecified atom stereocenters. The molecule has 3 heterocycles. The molecule has 6 nitrogen and oxygen atoms in total. The van der Waals surface area contributed by atoms with Crippen molar-refractivity contribution >= 4 is 49.9 Å². The number of ether oxygens (including phenoxy) is 1. The van der Waals surface area contributed by atoms with E-state index in [-0.39, 0.29) is 18.0 Å². The highest BCUT2D eigenvalue weighted by Gasteiger charge is 2.35. The number of thiazole rings is 1. The number of carbonyl (C=O) groups excluding carboxylic acids is 2. The van der Waals surface area contributed by atoms with Crippen molar-refractivity contribution in [1.29, 1.82) is 0 Å². The van der Waals surface area contributed by atoms with Crippen LogP contribution in [0.4, 0.5) is 9.80 Å². The van der Waals surface area contributed by atoms with E-state index in [1.54, 1.807) is 16.2 Å². The molecule has 1 aromatic carbocycles. The normalized spacial score (nSPS) is 16.4. The fourth-order valence-corrected chi connectivity index (χ4v) is 5.97. The number of carbonyl (C=O) groups is 2. The Kier molecular flexibility index (Phi) is 5.32. The zero-order chi connectivity index (χ0) is 21.6. The van der Waals surface area contributed by atoms with Crippen molar-refractivity contribution < 1.29 is 14.3 Å². The maximum absolute atomic E-state index is 12.7. The van der Waals surface area contributed by atoms with Gasteiger partial charge in [-0.15, -0.1) is 22.7 Å². The van der Waals surface area contributed by atoms with Crippen molar-refractivity contribution in [2.24, 2.45) is 0 Å². The van der Waals surface area contributed by atoms with Gasteiger partial charge in [-0.1, -0.05) is 12.1 Å². The summed E-state index contributed by atoms with van der Waals surface area (Å²) in [6, 6.07) is 8.02. The minimum absolute atomic E-state index is 0.0137. The monoisotopic (exact) mass is 443 g/mol. The molecule has 8 heteroatoms. The molecule has 1 aliphatic heterocycles. The highest BCUT2D eigenvalue weighted by molar-refractivity contribution is 7.22. The van der Waals surface area contributed by atoms with Gasteiger partial charge in [0.05, 0.1) is 16.8 Å². The number of fused-ring (bicyclic) bond motifs is 2. The smallest absolute Gasteiger partial charge is 0.410 e. The largest absolute Gasteiger partial charge is 0.444 e. The van der Waals surface area contributed by atoms with Crippen LogP contribution in [0.25, 0.3) is 20.8 Å². The number of nitrogens with one attached hydrogen (secondary N) is 1. The van der Waals surface area contributed by atoms with Crippen LogP contribution in [0.1, 0.15) is 45.1 Å². The number of anilines is 1. The molecule has 0 radical (unpaired) electrons. The Labute approximate surface area is 183 Å². The molecule has 2 aromatic heterocycles. The van der Waals surface area contributed by atoms with Gasteiger partial charge in [-0.25, -0.2) is 9.78 Å². The van der Waals surface area contributed by atoms with Crippen LogP contribution in [-0.4, -0.2) is 33.5 Å². The third-order valence-electron chi connectivity index (χ3n) is 4.86. The third-order valence-corrected chi connectivity index (χ3v) is 7.05. The van der Waals surface area contributed by atoms with Crippen molar-refractivity contribution in [3.63, 3.8) is 0 Å². The average molecular weight is 444 g/mol. The molecular formula is C22H25N3O3S2. The van der Waals surface area contributed by atoms with Crippen LogP contribution in [0.5, 0.6) is 0 Å². The second-order valence-electron chi connectivity index (χ2n) is 8.54. The second kappa shape index (κ2) is 7.67. The van der Waals surface area contributed by atoms with Crippen molar-refractivity contribution in [1.82, 2.24) is 9.88 Å². The van der Waals surface area contributed by atoms with Gasteiger partial charge < -0.3 is 15.0 Å². The summed E-state index contributed by atoms with van der Waals surface area (Å²) in [5, 5.41) is 4.68. The summed E-state index contributed by atoms with van der Waals surface area (Å²) in [6.07, 6.45) is 0.382. The van der Waals surface area contributed by atoms with E-state index in [0.29, 0.717) is 13.0 Å². The Morgan fingerprint density at radius 1 is 1.23 bits per heavy atom. The van der Waals surface area contributed by atoms with Gasteiger partial charge in [-0.2, -0.15) is 0 Å². The molecule has 0 aliphatic carbocycles. The van der Waals surface area contributed by atoms with Crippen molar-refractivity contribution in [3.05, 3.63) is 34.7 Å². The number of hydrogen-bond acceptors (Lipinski definition) is 6. The van der Waals surface area contributed by atoms with Crippen LogP contribution in [-0.2, 0) is 22.5 Å². The zero-order valence-electron chi connectivity index (χ0n) is 17.7. The molecule has 158 valence electrons. The van der Waals surface area contributed by atoms with Gasteiger partial charge in [0.15, 0.2) is 0 Å². The standard InChI is InChI=1S/C22H25N3O3S2/c1-12-10-14-17(11-25(12)21(27)28-22(3,4)5)30-19(23-13(2)26)18(14)20-24-15-8-6-7-9-16(15)29-20/h6-9,12H,10-11H2,1-5H3,(H,23,26). The predicted octanol–water partition coefficient (Wildman–Crippen LogP) is 5.66. The fraction of sp³-hybridized carbons (Fsp3) is 0.409. The lowest BCUT2D eigenvalue weighted by atomic mass is 9.97. The van der Waals surface area contributed by atoms with E-state index >= 15 is 0 Å². The summed E-state index contributed by atoms with van der Waals surface area (Å²) < 4.78 is 6.71. The molecule has 30 heavy (non-hydrogen) atoms. The van der Waals surface area contributed by atoms with Crippen LogP contribution in [0.2, 0.25) is 0 Å². The van der Waals surface area contributed by atoms with Crippen molar-refractivity contribution in [2.75, 3.05) is 5.32 Å². The molecule has 4 rings (SSSR count). The van der Waals surface area contributed by atoms with Crippen molar-refractivity contribution in [2.45, 2.75) is 59.2 Å². The predicted molar refractivity (Wildman–Crippen MR) is 122 cm³/mol. The molecule has 0 saturated heterocycles. The number of thiophene rings is 1. The number of rotatable bonds is 2. The topological polar surface area (TPSA) is 71.5 Å². The summed E-state index contributed by atoms with van der Waals surface area (Å²) in [5.41, 5.74) is 2.56. The van der Waals surface area contributed by atoms with Crippen LogP contribution in [0.15, 0.2) is 24.3 Å². The van der Waals surface area contributed by atoms with Gasteiger partial charge in [0.1, 0.15) is 15.6 Å². The lowest BCUT2D eigenvalue weighted by Crippen LogP contribution is -2.44. The zero-order valence-corrected chi connectivity index (χ0v) is 19.4. The molecule has 0 spiro atoms. The summed E-state index contributed by atoms with van der Waals surface area (Å²) in [5.74, 6) is -0.118. The first-order valence-electron chi connectivity index (χ1n) is 9.90. The summed E-state index contributed by atoms with van der Waals surface area (Å²) in [7, 11) is 0. The van der Waals surface area contributed by atoms with E-state index < -0.39 is 5.60 Å². The molecular weight excluding hydrogens is 418 g/mol. The van der Waals surface area contributed by atoms with E-state index in [4.69, 9.17) is 9.72 Å². The summed E-state index contributed by atoms with van der Waals surface area (Å²) >= 11 is 3.15. The van der Waals surface area contributed by atoms with Crippen LogP contribution < -0.4 is 5.32 Å². The van der Waals surface area contributed by atoms with E-state index in [1.165, 1.54) is 18.3 Å². The third kappa shape index (κ3) is 4.06. The van der Waals surface area contributed by atoms with E-state index in [9.17, 15) is 9.59 Å². The molecule has 1 aliphatic rings. The van der Waals surface area contributed by atoms with Gasteiger partial charge in [-0.05, 0) is 51.8 Å². The fourth-order valence-electron chi connectivity index (χ4n) is 3.59. The van der Waals surface area contributed by atoms with Gasteiger partial charge in [-0.3, -0.25) is 4.79 Å². The number of nitrogens with zero attached hydrogens (tertiary/aromatic N) is 2. The van der Waals surface area contributed by atoms with E-state index in [0.717, 1.165) is 36.2 Å². The van der Waals surface area contributed by atoms with E-state index in [2.05, 4.69) is 11.4 Å². The Bertz CT molecular complexity index is 1090. The summed E-state index contributed by atoms with van der Waals surface area (Å²) in [6.45, 7) is 9.62. The lowest BCUT2D eigenvalue weighted by molar-refractivity contribution is -0.114.